The Kier molecular flexibility index (Phi) is 5.59. The number of nitrogens with one attached hydrogen (secondary N) is 1. The van der Waals surface area contributed by atoms with E-state index in [1.807, 2.05) is 0 Å². The van der Waals surface area contributed by atoms with E-state index in [2.05, 4.69) is 15.3 Å². The number of H-pyrrole nitrogens is 1. The van der Waals surface area contributed by atoms with Gasteiger partial charge in [0.25, 0.3) is 5.69 Å². The van der Waals surface area contributed by atoms with Gasteiger partial charge in [0.2, 0.25) is 4.77 Å². The van der Waals surface area contributed by atoms with Gasteiger partial charge in [0.15, 0.2) is 5.82 Å². The Labute approximate surface area is 165 Å². The molecule has 0 fully saturated rings. The molecule has 0 atom stereocenters. The maximum Gasteiger partial charge on any atom is 0.293 e. The van der Waals surface area contributed by atoms with Gasteiger partial charge in [-0.3, -0.25) is 15.2 Å². The average Bonchev–Trinajstić information content (AvgIpc) is 3.01. The number of benzene rings is 2. The number of aromatic amines is 1. The fourth-order valence-electron chi connectivity index (χ4n) is 2.61. The van der Waals surface area contributed by atoms with E-state index in [1.165, 1.54) is 29.1 Å². The van der Waals surface area contributed by atoms with Crippen LogP contribution < -0.4 is 4.90 Å². The highest BCUT2D eigenvalue weighted by molar-refractivity contribution is 7.71. The number of anilines is 1. The molecule has 0 radical (unpaired) electrons. The number of hydrogen-bond acceptors (Lipinski definition) is 6. The van der Waals surface area contributed by atoms with Crippen molar-refractivity contribution in [2.75, 3.05) is 19.0 Å². The third-order valence-corrected chi connectivity index (χ3v) is 4.26. The molecule has 0 spiro atoms. The van der Waals surface area contributed by atoms with E-state index in [9.17, 15) is 14.5 Å². The van der Waals surface area contributed by atoms with Crippen molar-refractivity contribution in [3.63, 3.8) is 0 Å². The summed E-state index contributed by atoms with van der Waals surface area (Å²) in [5, 5.41) is 22.4. The molecule has 1 aromatic heterocycles. The first-order valence-electron chi connectivity index (χ1n) is 8.26. The molecule has 0 unspecified atom stereocenters. The third-order valence-electron chi connectivity index (χ3n) is 3.99. The monoisotopic (exact) mass is 400 g/mol. The van der Waals surface area contributed by atoms with Crippen LogP contribution in [-0.2, 0) is 6.42 Å². The Morgan fingerprint density at radius 2 is 2.04 bits per heavy atom. The van der Waals surface area contributed by atoms with E-state index in [0.29, 0.717) is 23.5 Å². The zero-order valence-electron chi connectivity index (χ0n) is 15.2. The molecule has 3 rings (SSSR count). The van der Waals surface area contributed by atoms with Crippen LogP contribution >= 0.6 is 12.2 Å². The van der Waals surface area contributed by atoms with Crippen LogP contribution in [0.4, 0.5) is 15.8 Å². The van der Waals surface area contributed by atoms with Crippen LogP contribution in [0.2, 0.25) is 0 Å². The van der Waals surface area contributed by atoms with Gasteiger partial charge in [-0.1, -0.05) is 18.2 Å². The van der Waals surface area contributed by atoms with E-state index < -0.39 is 4.92 Å². The van der Waals surface area contributed by atoms with Crippen LogP contribution in [0.1, 0.15) is 17.0 Å². The number of halogens is 1. The second-order valence-electron chi connectivity index (χ2n) is 6.20. The summed E-state index contributed by atoms with van der Waals surface area (Å²) in [6.07, 6.45) is 1.87. The van der Waals surface area contributed by atoms with Crippen molar-refractivity contribution >= 4 is 29.8 Å². The standard InChI is InChI=1S/C18H17FN6O2S/c1-23(2)15-8-5-13(9-16(15)25(26)27)11-20-24-17(21-22-18(24)28)10-12-3-6-14(19)7-4-12/h3-9,11H,10H2,1-2H3,(H,22,28)/b20-11-. The van der Waals surface area contributed by atoms with Crippen molar-refractivity contribution in [1.29, 1.82) is 0 Å². The van der Waals surface area contributed by atoms with Crippen molar-refractivity contribution in [2.45, 2.75) is 6.42 Å². The molecular weight excluding hydrogens is 383 g/mol. The minimum Gasteiger partial charge on any atom is -0.372 e. The van der Waals surface area contributed by atoms with E-state index in [0.717, 1.165) is 5.56 Å². The minimum atomic E-state index is -0.434. The number of hydrogen-bond donors (Lipinski definition) is 1. The van der Waals surface area contributed by atoms with Crippen LogP contribution in [-0.4, -0.2) is 40.1 Å². The predicted octanol–water partition coefficient (Wildman–Crippen LogP) is 3.53. The molecule has 0 saturated carbocycles. The lowest BCUT2D eigenvalue weighted by Gasteiger charge is -2.12. The maximum atomic E-state index is 13.1. The lowest BCUT2D eigenvalue weighted by atomic mass is 10.1. The van der Waals surface area contributed by atoms with Gasteiger partial charge in [-0.25, -0.2) is 4.39 Å². The molecule has 144 valence electrons. The number of nitro groups is 1. The van der Waals surface area contributed by atoms with Crippen molar-refractivity contribution in [3.05, 3.63) is 80.1 Å². The summed E-state index contributed by atoms with van der Waals surface area (Å²) in [6.45, 7) is 0. The summed E-state index contributed by atoms with van der Waals surface area (Å²) >= 11 is 5.20. The number of nitrogens with zero attached hydrogens (tertiary/aromatic N) is 5. The van der Waals surface area contributed by atoms with Gasteiger partial charge in [0.1, 0.15) is 11.5 Å². The number of nitro benzene ring substituents is 1. The average molecular weight is 400 g/mol. The zero-order valence-corrected chi connectivity index (χ0v) is 16.0. The van der Waals surface area contributed by atoms with Crippen LogP contribution in [0, 0.1) is 20.7 Å². The summed E-state index contributed by atoms with van der Waals surface area (Å²) < 4.78 is 14.8. The number of aromatic nitrogens is 3. The molecule has 0 aliphatic rings. The Morgan fingerprint density at radius 3 is 2.68 bits per heavy atom. The van der Waals surface area contributed by atoms with Gasteiger partial charge in [-0.15, -0.1) is 0 Å². The quantitative estimate of drug-likeness (QED) is 0.296. The third kappa shape index (κ3) is 4.29. The highest BCUT2D eigenvalue weighted by Gasteiger charge is 2.15. The normalized spacial score (nSPS) is 11.1. The van der Waals surface area contributed by atoms with Crippen LogP contribution in [0.25, 0.3) is 0 Å². The van der Waals surface area contributed by atoms with Crippen LogP contribution in [0.15, 0.2) is 47.6 Å². The summed E-state index contributed by atoms with van der Waals surface area (Å²) in [5.41, 5.74) is 1.88. The summed E-state index contributed by atoms with van der Waals surface area (Å²) in [4.78, 5) is 12.6. The Hall–Kier alpha value is -3.40. The first kappa shape index (κ1) is 19.4. The molecule has 8 nitrogen and oxygen atoms in total. The van der Waals surface area contributed by atoms with Crippen LogP contribution in [0.3, 0.4) is 0 Å². The van der Waals surface area contributed by atoms with Crippen molar-refractivity contribution < 1.29 is 9.31 Å². The lowest BCUT2D eigenvalue weighted by molar-refractivity contribution is -0.384. The Balaban J connectivity index is 1.90. The highest BCUT2D eigenvalue weighted by atomic mass is 32.1. The molecule has 28 heavy (non-hydrogen) atoms. The Morgan fingerprint density at radius 1 is 1.32 bits per heavy atom. The molecule has 10 heteroatoms. The largest absolute Gasteiger partial charge is 0.372 e. The van der Waals surface area contributed by atoms with Gasteiger partial charge in [0, 0.05) is 32.1 Å². The highest BCUT2D eigenvalue weighted by Crippen LogP contribution is 2.27. The zero-order chi connectivity index (χ0) is 20.3. The molecule has 0 amide bonds. The van der Waals surface area contributed by atoms with Gasteiger partial charge < -0.3 is 4.90 Å². The van der Waals surface area contributed by atoms with Crippen molar-refractivity contribution in [3.8, 4) is 0 Å². The molecule has 0 bridgehead atoms. The van der Waals surface area contributed by atoms with Crippen molar-refractivity contribution in [1.82, 2.24) is 14.9 Å². The molecular formula is C18H17FN6O2S. The van der Waals surface area contributed by atoms with Gasteiger partial charge in [0.05, 0.1) is 11.1 Å². The summed E-state index contributed by atoms with van der Waals surface area (Å²) in [7, 11) is 3.48. The summed E-state index contributed by atoms with van der Waals surface area (Å²) in [5.74, 6) is 0.218. The molecule has 1 heterocycles. The van der Waals surface area contributed by atoms with Gasteiger partial charge in [-0.2, -0.15) is 14.9 Å². The SMILES string of the molecule is CN(C)c1ccc(/C=N\n2c(Cc3ccc(F)cc3)n[nH]c2=S)cc1[N+](=O)[O-]. The second-order valence-corrected chi connectivity index (χ2v) is 6.59. The fraction of sp³-hybridized carbons (Fsp3) is 0.167. The Bertz CT molecular complexity index is 1090. The number of rotatable bonds is 6. The molecule has 3 aromatic rings. The van der Waals surface area contributed by atoms with Gasteiger partial charge >= 0.3 is 0 Å². The lowest BCUT2D eigenvalue weighted by Crippen LogP contribution is -2.11. The van der Waals surface area contributed by atoms with E-state index in [1.54, 1.807) is 43.3 Å². The molecule has 0 saturated heterocycles. The van der Waals surface area contributed by atoms with Gasteiger partial charge in [-0.05, 0) is 36.0 Å². The molecule has 1 N–H and O–H groups in total. The fourth-order valence-corrected chi connectivity index (χ4v) is 2.81. The minimum absolute atomic E-state index is 0.0173. The first-order chi connectivity index (χ1) is 13.3. The molecule has 2 aromatic carbocycles. The van der Waals surface area contributed by atoms with E-state index in [-0.39, 0.29) is 16.3 Å². The van der Waals surface area contributed by atoms with Crippen molar-refractivity contribution in [2.24, 2.45) is 5.10 Å². The predicted molar refractivity (Wildman–Crippen MR) is 107 cm³/mol. The smallest absolute Gasteiger partial charge is 0.293 e. The maximum absolute atomic E-state index is 13.1. The van der Waals surface area contributed by atoms with E-state index >= 15 is 0 Å². The molecule has 0 aliphatic heterocycles. The van der Waals surface area contributed by atoms with E-state index in [4.69, 9.17) is 12.2 Å². The first-order valence-corrected chi connectivity index (χ1v) is 8.67. The second kappa shape index (κ2) is 8.09. The molecule has 0 aliphatic carbocycles. The topological polar surface area (TPSA) is 92.3 Å². The van der Waals surface area contributed by atoms with Crippen LogP contribution in [0.5, 0.6) is 0 Å². The summed E-state index contributed by atoms with van der Waals surface area (Å²) in [6, 6.07) is 10.9.